The van der Waals surface area contributed by atoms with E-state index in [0.29, 0.717) is 11.4 Å². The second-order valence-corrected chi connectivity index (χ2v) is 11.8. The Morgan fingerprint density at radius 1 is 0.864 bits per heavy atom. The number of methoxy groups -OCH3 is 2. The van der Waals surface area contributed by atoms with E-state index < -0.39 is 35.7 Å². The van der Waals surface area contributed by atoms with Crippen LogP contribution in [0.3, 0.4) is 0 Å². The van der Waals surface area contributed by atoms with E-state index >= 15 is 0 Å². The van der Waals surface area contributed by atoms with E-state index in [-0.39, 0.29) is 11.3 Å². The summed E-state index contributed by atoms with van der Waals surface area (Å²) < 4.78 is 16.2. The zero-order chi connectivity index (χ0) is 32.6. The van der Waals surface area contributed by atoms with Crippen molar-refractivity contribution in [3.05, 3.63) is 76.9 Å². The van der Waals surface area contributed by atoms with Gasteiger partial charge in [0.15, 0.2) is 6.04 Å². The van der Waals surface area contributed by atoms with Gasteiger partial charge in [-0.25, -0.2) is 9.59 Å². The fourth-order valence-corrected chi connectivity index (χ4v) is 5.10. The Bertz CT molecular complexity index is 1450. The van der Waals surface area contributed by atoms with Gasteiger partial charge in [-0.3, -0.25) is 4.79 Å². The molecule has 3 N–H and O–H groups in total. The molecule has 0 radical (unpaired) electrons. The number of ether oxygens (including phenoxy) is 3. The lowest BCUT2D eigenvalue weighted by Gasteiger charge is -2.30. The van der Waals surface area contributed by atoms with Crippen LogP contribution < -0.4 is 20.7 Å². The number of amides is 3. The van der Waals surface area contributed by atoms with E-state index in [0.717, 1.165) is 35.1 Å². The van der Waals surface area contributed by atoms with Crippen LogP contribution in [0.25, 0.3) is 11.1 Å². The summed E-state index contributed by atoms with van der Waals surface area (Å²) in [7, 11) is 2.85. The number of aryl methyl sites for hydroxylation is 3. The molecule has 3 amide bonds. The van der Waals surface area contributed by atoms with Crippen LogP contribution in [0.1, 0.15) is 68.1 Å². The Labute approximate surface area is 260 Å². The number of hydrogen-bond donors (Lipinski definition) is 3. The summed E-state index contributed by atoms with van der Waals surface area (Å²) in [6.07, 6.45) is 1.29. The number of rotatable bonds is 11. The van der Waals surface area contributed by atoms with Crippen molar-refractivity contribution < 1.29 is 28.6 Å². The summed E-state index contributed by atoms with van der Waals surface area (Å²) >= 11 is 0. The van der Waals surface area contributed by atoms with Crippen molar-refractivity contribution in [3.8, 4) is 16.9 Å². The molecule has 44 heavy (non-hydrogen) atoms. The number of benzene rings is 3. The van der Waals surface area contributed by atoms with Gasteiger partial charge in [-0.2, -0.15) is 0 Å². The lowest BCUT2D eigenvalue weighted by atomic mass is 10.0. The number of nitrogens with one attached hydrogen (secondary N) is 3. The Morgan fingerprint density at radius 3 is 2.02 bits per heavy atom. The first-order chi connectivity index (χ1) is 20.8. The predicted octanol–water partition coefficient (Wildman–Crippen LogP) is 7.05. The molecule has 3 aromatic carbocycles. The smallest absolute Gasteiger partial charge is 0.331 e. The molecule has 236 valence electrons. The Kier molecular flexibility index (Phi) is 11.5. The zero-order valence-corrected chi connectivity index (χ0v) is 27.2. The molecule has 0 spiro atoms. The normalized spacial score (nSPS) is 12.6. The minimum atomic E-state index is -1.08. The second-order valence-electron chi connectivity index (χ2n) is 11.8. The Hall–Kier alpha value is -4.37. The van der Waals surface area contributed by atoms with Crippen molar-refractivity contribution >= 4 is 29.3 Å². The van der Waals surface area contributed by atoms with Crippen LogP contribution in [0.2, 0.25) is 0 Å². The largest absolute Gasteiger partial charge is 0.497 e. The van der Waals surface area contributed by atoms with E-state index in [9.17, 15) is 14.4 Å². The average Bonchev–Trinajstić information content (AvgIpc) is 2.96. The Balaban J connectivity index is 1.98. The van der Waals surface area contributed by atoms with Gasteiger partial charge in [0.1, 0.15) is 5.75 Å². The number of anilines is 2. The van der Waals surface area contributed by atoms with Gasteiger partial charge in [0, 0.05) is 5.69 Å². The lowest BCUT2D eigenvalue weighted by molar-refractivity contribution is -0.150. The third-order valence-corrected chi connectivity index (χ3v) is 7.06. The van der Waals surface area contributed by atoms with E-state index in [4.69, 9.17) is 14.2 Å². The Morgan fingerprint density at radius 2 is 1.48 bits per heavy atom. The fraction of sp³-hybridized carbons (Fsp3) is 0.400. The van der Waals surface area contributed by atoms with E-state index in [1.807, 2.05) is 58.9 Å². The topological polar surface area (TPSA) is 115 Å². The zero-order valence-electron chi connectivity index (χ0n) is 27.2. The molecule has 0 aromatic heterocycles. The monoisotopic (exact) mass is 603 g/mol. The van der Waals surface area contributed by atoms with Crippen molar-refractivity contribution in [2.75, 3.05) is 24.9 Å². The third kappa shape index (κ3) is 9.07. The maximum absolute atomic E-state index is 13.7. The fourth-order valence-electron chi connectivity index (χ4n) is 5.10. The molecular formula is C35H45N3O6. The highest BCUT2D eigenvalue weighted by atomic mass is 16.5. The summed E-state index contributed by atoms with van der Waals surface area (Å²) in [4.78, 5) is 39.7. The lowest BCUT2D eigenvalue weighted by Crippen LogP contribution is -2.51. The maximum atomic E-state index is 13.7. The minimum absolute atomic E-state index is 0.168. The highest BCUT2D eigenvalue weighted by Crippen LogP contribution is 2.29. The number of hydrogen-bond acceptors (Lipinski definition) is 6. The molecule has 0 aliphatic heterocycles. The maximum Gasteiger partial charge on any atom is 0.331 e. The molecule has 0 saturated heterocycles. The molecule has 9 nitrogen and oxygen atoms in total. The predicted molar refractivity (Wildman–Crippen MR) is 175 cm³/mol. The summed E-state index contributed by atoms with van der Waals surface area (Å²) in [6, 6.07) is 15.1. The van der Waals surface area contributed by atoms with Gasteiger partial charge in [-0.1, -0.05) is 43.7 Å². The van der Waals surface area contributed by atoms with Gasteiger partial charge < -0.3 is 30.2 Å². The van der Waals surface area contributed by atoms with Gasteiger partial charge >= 0.3 is 12.0 Å². The van der Waals surface area contributed by atoms with Crippen molar-refractivity contribution in [3.63, 3.8) is 0 Å². The molecule has 0 aliphatic rings. The highest BCUT2D eigenvalue weighted by molar-refractivity contribution is 6.08. The van der Waals surface area contributed by atoms with Gasteiger partial charge in [0.2, 0.25) is 0 Å². The van der Waals surface area contributed by atoms with Crippen LogP contribution in [0.5, 0.6) is 5.75 Å². The molecule has 0 fully saturated rings. The van der Waals surface area contributed by atoms with E-state index in [1.165, 1.54) is 12.7 Å². The summed E-state index contributed by atoms with van der Waals surface area (Å²) in [5.74, 6) is -0.508. The van der Waals surface area contributed by atoms with E-state index in [1.54, 1.807) is 32.2 Å². The van der Waals surface area contributed by atoms with E-state index in [2.05, 4.69) is 35.0 Å². The highest BCUT2D eigenvalue weighted by Gasteiger charge is 2.32. The molecule has 0 saturated carbocycles. The number of carbonyl (C=O) groups is 3. The van der Waals surface area contributed by atoms with Crippen molar-refractivity contribution in [1.82, 2.24) is 5.32 Å². The minimum Gasteiger partial charge on any atom is -0.497 e. The van der Waals surface area contributed by atoms with Crippen LogP contribution in [0.4, 0.5) is 16.2 Å². The first-order valence-electron chi connectivity index (χ1n) is 14.8. The van der Waals surface area contributed by atoms with Crippen molar-refractivity contribution in [2.45, 2.75) is 79.1 Å². The van der Waals surface area contributed by atoms with Crippen LogP contribution in [-0.2, 0) is 20.7 Å². The SMILES string of the molecule is CCCc1cc(C)c(NC(=O)Nc2cc(-c3ccc(OC)cc3)ccc2C(=O)N[C@H](C(=O)OC)C(C)OC(C)(C)C)c(C)c1. The average molecular weight is 604 g/mol. The molecule has 2 atom stereocenters. The van der Waals surface area contributed by atoms with Gasteiger partial charge in [0.25, 0.3) is 5.91 Å². The number of carbonyl (C=O) groups excluding carboxylic acids is 3. The second kappa shape index (κ2) is 14.9. The molecule has 0 aliphatic carbocycles. The first-order valence-corrected chi connectivity index (χ1v) is 14.8. The van der Waals surface area contributed by atoms with Gasteiger partial charge in [-0.05, 0) is 100 Å². The van der Waals surface area contributed by atoms with Crippen LogP contribution in [-0.4, -0.2) is 49.9 Å². The molecule has 0 bridgehead atoms. The van der Waals surface area contributed by atoms with Gasteiger partial charge in [0.05, 0.1) is 37.2 Å². The molecule has 1 unspecified atom stereocenters. The van der Waals surface area contributed by atoms with Gasteiger partial charge in [-0.15, -0.1) is 0 Å². The van der Waals surface area contributed by atoms with Crippen molar-refractivity contribution in [2.24, 2.45) is 0 Å². The van der Waals surface area contributed by atoms with Crippen LogP contribution in [0, 0.1) is 13.8 Å². The first kappa shape index (κ1) is 34.1. The van der Waals surface area contributed by atoms with Crippen LogP contribution in [0.15, 0.2) is 54.6 Å². The third-order valence-electron chi connectivity index (χ3n) is 7.06. The van der Waals surface area contributed by atoms with Crippen LogP contribution >= 0.6 is 0 Å². The van der Waals surface area contributed by atoms with Crippen molar-refractivity contribution in [1.29, 1.82) is 0 Å². The summed E-state index contributed by atoms with van der Waals surface area (Å²) in [5.41, 5.74) is 5.31. The molecule has 9 heteroatoms. The summed E-state index contributed by atoms with van der Waals surface area (Å²) in [6.45, 7) is 13.3. The quantitative estimate of drug-likeness (QED) is 0.202. The number of urea groups is 1. The molecular weight excluding hydrogens is 558 g/mol. The molecule has 3 aromatic rings. The molecule has 3 rings (SSSR count). The standard InChI is InChI=1S/C35H45N3O6/c1-10-11-24-18-21(2)30(22(3)19-24)38-34(41)36-29-20-26(25-12-15-27(42-8)16-13-25)14-17-28(29)32(39)37-31(33(40)43-9)23(4)44-35(5,6)7/h12-20,23,31H,10-11H2,1-9H3,(H,37,39)(H2,36,38,41)/t23?,31-/m0/s1. The molecule has 0 heterocycles. The number of esters is 1. The summed E-state index contributed by atoms with van der Waals surface area (Å²) in [5, 5.41) is 8.58.